The van der Waals surface area contributed by atoms with Crippen molar-refractivity contribution in [2.45, 2.75) is 38.6 Å². The Kier molecular flexibility index (Phi) is 6.85. The number of nitrogens with one attached hydrogen (secondary N) is 2. The lowest BCUT2D eigenvalue weighted by molar-refractivity contribution is 0.00452. The van der Waals surface area contributed by atoms with Crippen LogP contribution < -0.4 is 4.74 Å². The second-order valence-electron chi connectivity index (χ2n) is 7.57. The minimum Gasteiger partial charge on any atom is -0.496 e. The number of nitrogens with zero attached hydrogens (tertiary/aromatic N) is 3. The molecule has 1 aromatic rings. The molecule has 0 radical (unpaired) electrons. The first-order valence-electron chi connectivity index (χ1n) is 9.95. The molecule has 28 heavy (non-hydrogen) atoms. The van der Waals surface area contributed by atoms with E-state index in [0.29, 0.717) is 17.5 Å². The number of hydrogen-bond acceptors (Lipinski definition) is 7. The molecule has 2 aliphatic rings. The van der Waals surface area contributed by atoms with Crippen LogP contribution in [-0.2, 0) is 9.47 Å². The minimum atomic E-state index is -0.131. The molecule has 3 heterocycles. The first-order chi connectivity index (χ1) is 13.5. The zero-order chi connectivity index (χ0) is 20.1. The van der Waals surface area contributed by atoms with Crippen molar-refractivity contribution in [3.8, 4) is 5.75 Å². The molecule has 0 amide bonds. The quantitative estimate of drug-likeness (QED) is 0.606. The van der Waals surface area contributed by atoms with Gasteiger partial charge in [-0.3, -0.25) is 20.7 Å². The van der Waals surface area contributed by atoms with Gasteiger partial charge < -0.3 is 19.1 Å². The predicted molar refractivity (Wildman–Crippen MR) is 108 cm³/mol. The smallest absolute Gasteiger partial charge is 0.291 e. The fourth-order valence-corrected chi connectivity index (χ4v) is 3.77. The number of morpholine rings is 1. The van der Waals surface area contributed by atoms with Gasteiger partial charge in [0, 0.05) is 50.0 Å². The van der Waals surface area contributed by atoms with E-state index < -0.39 is 0 Å². The highest BCUT2D eigenvalue weighted by Gasteiger charge is 2.28. The summed E-state index contributed by atoms with van der Waals surface area (Å²) in [6.45, 7) is 9.25. The predicted octanol–water partition coefficient (Wildman–Crippen LogP) is 2.29. The first kappa shape index (κ1) is 20.5. The number of rotatable bonds is 4. The largest absolute Gasteiger partial charge is 0.496 e. The fourth-order valence-electron chi connectivity index (χ4n) is 3.77. The maximum absolute atomic E-state index is 8.25. The zero-order valence-corrected chi connectivity index (χ0v) is 17.0. The molecule has 8 heteroatoms. The second kappa shape index (κ2) is 9.34. The Morgan fingerprint density at radius 2 is 1.86 bits per heavy atom. The van der Waals surface area contributed by atoms with Crippen LogP contribution in [0.3, 0.4) is 0 Å². The van der Waals surface area contributed by atoms with Crippen molar-refractivity contribution in [3.63, 3.8) is 0 Å². The van der Waals surface area contributed by atoms with E-state index in [4.69, 9.17) is 25.0 Å². The van der Waals surface area contributed by atoms with Gasteiger partial charge >= 0.3 is 0 Å². The summed E-state index contributed by atoms with van der Waals surface area (Å²) in [5.74, 6) is 0.831. The summed E-state index contributed by atoms with van der Waals surface area (Å²) in [4.78, 5) is 8.70. The number of hydrogen-bond donors (Lipinski definition) is 2. The van der Waals surface area contributed by atoms with E-state index in [1.54, 1.807) is 19.4 Å². The van der Waals surface area contributed by atoms with Gasteiger partial charge in [0.25, 0.3) is 6.02 Å². The van der Waals surface area contributed by atoms with Crippen LogP contribution in [0.4, 0.5) is 0 Å². The highest BCUT2D eigenvalue weighted by atomic mass is 16.5. The average Bonchev–Trinajstić information content (AvgIpc) is 2.73. The van der Waals surface area contributed by atoms with Crippen LogP contribution in [0.15, 0.2) is 12.3 Å². The van der Waals surface area contributed by atoms with Crippen molar-refractivity contribution in [3.05, 3.63) is 23.5 Å². The molecule has 2 fully saturated rings. The lowest BCUT2D eigenvalue weighted by Gasteiger charge is -2.40. The second-order valence-corrected chi connectivity index (χ2v) is 7.57. The molecule has 0 saturated carbocycles. The Labute approximate surface area is 166 Å². The highest BCUT2D eigenvalue weighted by Crippen LogP contribution is 2.26. The summed E-state index contributed by atoms with van der Waals surface area (Å²) in [5, 5.41) is 16.5. The van der Waals surface area contributed by atoms with Crippen molar-refractivity contribution in [1.29, 1.82) is 10.8 Å². The van der Waals surface area contributed by atoms with Crippen molar-refractivity contribution >= 4 is 11.9 Å². The van der Waals surface area contributed by atoms with Gasteiger partial charge in [-0.05, 0) is 18.8 Å². The molecule has 3 rings (SSSR count). The number of piperidine rings is 1. The van der Waals surface area contributed by atoms with Gasteiger partial charge in [-0.15, -0.1) is 0 Å². The normalized spacial score (nSPS) is 18.9. The summed E-state index contributed by atoms with van der Waals surface area (Å²) in [5.41, 5.74) is 1.36. The van der Waals surface area contributed by atoms with Crippen LogP contribution in [0.25, 0.3) is 0 Å². The number of methoxy groups -OCH3 is 1. The molecule has 154 valence electrons. The highest BCUT2D eigenvalue weighted by molar-refractivity contribution is 5.97. The Morgan fingerprint density at radius 1 is 1.18 bits per heavy atom. The Bertz CT molecular complexity index is 695. The van der Waals surface area contributed by atoms with Gasteiger partial charge in [0.05, 0.1) is 20.3 Å². The maximum atomic E-state index is 8.25. The first-order valence-corrected chi connectivity index (χ1v) is 9.95. The van der Waals surface area contributed by atoms with Gasteiger partial charge in [-0.25, -0.2) is 0 Å². The molecule has 0 unspecified atom stereocenters. The topological polar surface area (TPSA) is 94.8 Å². The molecule has 0 aliphatic carbocycles. The SMILES string of the molecule is COc1cc(C(=N)OC(=N)N2CCC(N3CCOCC3)CC2)ncc1C(C)C. The third kappa shape index (κ3) is 4.80. The summed E-state index contributed by atoms with van der Waals surface area (Å²) in [6, 6.07) is 2.26. The van der Waals surface area contributed by atoms with Crippen LogP contribution in [0.1, 0.15) is 43.9 Å². The van der Waals surface area contributed by atoms with E-state index in [1.165, 1.54) is 0 Å². The summed E-state index contributed by atoms with van der Waals surface area (Å²) < 4.78 is 16.3. The fraction of sp³-hybridized carbons (Fsp3) is 0.650. The third-order valence-electron chi connectivity index (χ3n) is 5.48. The average molecular weight is 390 g/mol. The monoisotopic (exact) mass is 389 g/mol. The number of likely N-dealkylation sites (tertiary alicyclic amines) is 1. The molecule has 8 nitrogen and oxygen atoms in total. The summed E-state index contributed by atoms with van der Waals surface area (Å²) in [6.07, 6.45) is 3.71. The van der Waals surface area contributed by atoms with Crippen LogP contribution >= 0.6 is 0 Å². The van der Waals surface area contributed by atoms with Crippen molar-refractivity contribution in [1.82, 2.24) is 14.8 Å². The van der Waals surface area contributed by atoms with Crippen molar-refractivity contribution in [2.75, 3.05) is 46.5 Å². The summed E-state index contributed by atoms with van der Waals surface area (Å²) >= 11 is 0. The minimum absolute atomic E-state index is 0.0131. The lowest BCUT2D eigenvalue weighted by atomic mass is 10.0. The third-order valence-corrected chi connectivity index (χ3v) is 5.48. The number of ether oxygens (including phenoxy) is 3. The molecule has 2 N–H and O–H groups in total. The Balaban J connectivity index is 1.54. The van der Waals surface area contributed by atoms with Gasteiger partial charge in [0.1, 0.15) is 11.4 Å². The summed E-state index contributed by atoms with van der Waals surface area (Å²) in [7, 11) is 1.61. The maximum Gasteiger partial charge on any atom is 0.291 e. The van der Waals surface area contributed by atoms with E-state index >= 15 is 0 Å². The van der Waals surface area contributed by atoms with Gasteiger partial charge in [0.2, 0.25) is 5.90 Å². The molecule has 0 aromatic carbocycles. The van der Waals surface area contributed by atoms with Crippen LogP contribution in [0.5, 0.6) is 5.75 Å². The van der Waals surface area contributed by atoms with Gasteiger partial charge in [-0.2, -0.15) is 0 Å². The molecule has 0 bridgehead atoms. The Morgan fingerprint density at radius 3 is 2.46 bits per heavy atom. The van der Waals surface area contributed by atoms with Crippen molar-refractivity contribution < 1.29 is 14.2 Å². The van der Waals surface area contributed by atoms with E-state index in [0.717, 1.165) is 57.8 Å². The molecular formula is C20H31N5O3. The van der Waals surface area contributed by atoms with E-state index in [-0.39, 0.29) is 17.8 Å². The Hall–Kier alpha value is -2.19. The van der Waals surface area contributed by atoms with Crippen LogP contribution in [0.2, 0.25) is 0 Å². The van der Waals surface area contributed by atoms with Gasteiger partial charge in [-0.1, -0.05) is 13.8 Å². The molecule has 0 spiro atoms. The van der Waals surface area contributed by atoms with E-state index in [2.05, 4.69) is 23.7 Å². The van der Waals surface area contributed by atoms with Gasteiger partial charge in [0.15, 0.2) is 0 Å². The number of aromatic nitrogens is 1. The van der Waals surface area contributed by atoms with E-state index in [9.17, 15) is 0 Å². The van der Waals surface area contributed by atoms with Crippen LogP contribution in [-0.4, -0.2) is 79.2 Å². The number of pyridine rings is 1. The van der Waals surface area contributed by atoms with Crippen LogP contribution in [0, 0.1) is 10.8 Å². The molecule has 1 aromatic heterocycles. The molecule has 2 aliphatic heterocycles. The lowest BCUT2D eigenvalue weighted by Crippen LogP contribution is -2.50. The molecular weight excluding hydrogens is 358 g/mol. The molecule has 0 atom stereocenters. The zero-order valence-electron chi connectivity index (χ0n) is 17.0. The number of amidine groups is 1. The van der Waals surface area contributed by atoms with Crippen molar-refractivity contribution in [2.24, 2.45) is 0 Å². The standard InChI is InChI=1S/C20H31N5O3/c1-14(2)16-13-23-17(12-18(16)26-3)19(21)28-20(22)25-6-4-15(5-7-25)24-8-10-27-11-9-24/h12-15,21-22H,4-11H2,1-3H3. The van der Waals surface area contributed by atoms with E-state index in [1.807, 2.05) is 4.90 Å². The molecule has 2 saturated heterocycles.